The van der Waals surface area contributed by atoms with Gasteiger partial charge in [0.2, 0.25) is 0 Å². The lowest BCUT2D eigenvalue weighted by molar-refractivity contribution is 0.0729. The second kappa shape index (κ2) is 5.03. The fraction of sp³-hybridized carbons (Fsp3) is 0.538. The van der Waals surface area contributed by atoms with Crippen LogP contribution in [0.1, 0.15) is 12.0 Å². The van der Waals surface area contributed by atoms with E-state index in [1.165, 1.54) is 5.56 Å². The third-order valence-electron chi connectivity index (χ3n) is 3.72. The first-order valence-electron chi connectivity index (χ1n) is 6.43. The number of hydrogen-bond donors (Lipinski definition) is 1. The van der Waals surface area contributed by atoms with Crippen molar-refractivity contribution < 1.29 is 4.74 Å². The van der Waals surface area contributed by atoms with Crippen molar-refractivity contribution in [3.63, 3.8) is 0 Å². The van der Waals surface area contributed by atoms with Gasteiger partial charge in [-0.15, -0.1) is 11.3 Å². The van der Waals surface area contributed by atoms with Gasteiger partial charge in [0.15, 0.2) is 0 Å². The molecule has 0 amide bonds. The maximum absolute atomic E-state index is 6.06. The lowest BCUT2D eigenvalue weighted by Gasteiger charge is -2.36. The monoisotopic (exact) mass is 278 g/mol. The summed E-state index contributed by atoms with van der Waals surface area (Å²) in [6.07, 6.45) is 2.64. The van der Waals surface area contributed by atoms with Crippen LogP contribution < -0.4 is 10.6 Å². The Hall–Kier alpha value is -1.24. The molecule has 19 heavy (non-hydrogen) atoms. The number of aromatic nitrogens is 2. The fourth-order valence-electron chi connectivity index (χ4n) is 2.56. The van der Waals surface area contributed by atoms with Gasteiger partial charge in [-0.05, 0) is 24.3 Å². The summed E-state index contributed by atoms with van der Waals surface area (Å²) in [5, 5.41) is 2.13. The molecule has 2 aromatic heterocycles. The number of nitrogens with two attached hydrogens (primary N) is 1. The first-order valence-corrected chi connectivity index (χ1v) is 7.30. The van der Waals surface area contributed by atoms with Gasteiger partial charge >= 0.3 is 0 Å². The van der Waals surface area contributed by atoms with Crippen molar-refractivity contribution in [1.29, 1.82) is 0 Å². The third kappa shape index (κ3) is 2.20. The van der Waals surface area contributed by atoms with Crippen molar-refractivity contribution in [1.82, 2.24) is 9.97 Å². The molecular formula is C13H18N4OS. The van der Waals surface area contributed by atoms with Crippen molar-refractivity contribution >= 4 is 27.4 Å². The van der Waals surface area contributed by atoms with E-state index in [-0.39, 0.29) is 12.1 Å². The summed E-state index contributed by atoms with van der Waals surface area (Å²) in [7, 11) is 1.72. The van der Waals surface area contributed by atoms with E-state index in [9.17, 15) is 0 Å². The summed E-state index contributed by atoms with van der Waals surface area (Å²) in [5.41, 5.74) is 8.33. The number of piperidine rings is 1. The van der Waals surface area contributed by atoms with Gasteiger partial charge < -0.3 is 15.4 Å². The van der Waals surface area contributed by atoms with E-state index in [2.05, 4.69) is 27.2 Å². The summed E-state index contributed by atoms with van der Waals surface area (Å²) < 4.78 is 6.62. The molecule has 6 heteroatoms. The van der Waals surface area contributed by atoms with Gasteiger partial charge in [-0.2, -0.15) is 0 Å². The largest absolute Gasteiger partial charge is 0.378 e. The number of hydrogen-bond acceptors (Lipinski definition) is 6. The van der Waals surface area contributed by atoms with Crippen molar-refractivity contribution in [3.8, 4) is 0 Å². The molecule has 0 aliphatic carbocycles. The molecule has 1 aliphatic heterocycles. The molecule has 5 nitrogen and oxygen atoms in total. The van der Waals surface area contributed by atoms with Crippen LogP contribution in [0.4, 0.5) is 5.82 Å². The van der Waals surface area contributed by atoms with E-state index < -0.39 is 0 Å². The first-order chi connectivity index (χ1) is 9.20. The van der Waals surface area contributed by atoms with E-state index in [0.717, 1.165) is 35.5 Å². The molecule has 0 aromatic carbocycles. The molecule has 1 saturated heterocycles. The fourth-order valence-corrected chi connectivity index (χ4v) is 3.58. The highest BCUT2D eigenvalue weighted by Crippen LogP contribution is 2.32. The summed E-state index contributed by atoms with van der Waals surface area (Å²) >= 11 is 1.71. The molecule has 1 fully saturated rings. The lowest BCUT2D eigenvalue weighted by atomic mass is 10.0. The number of nitrogens with zero attached hydrogens (tertiary/aromatic N) is 3. The number of rotatable bonds is 2. The standard InChI is InChI=1S/C13H18N4OS/c1-8-6-19-12-11(8)15-7-16-13(12)17-4-3-9(14)10(5-17)18-2/h6-7,9-10H,3-5,14H2,1-2H3/t9-,10+/m1/s1. The number of methoxy groups -OCH3 is 1. The van der Waals surface area contributed by atoms with Crippen LogP contribution in [-0.2, 0) is 4.74 Å². The van der Waals surface area contributed by atoms with Crippen LogP contribution in [0.3, 0.4) is 0 Å². The van der Waals surface area contributed by atoms with Crippen LogP contribution in [0.25, 0.3) is 10.2 Å². The molecule has 2 aromatic rings. The molecule has 0 saturated carbocycles. The zero-order valence-corrected chi connectivity index (χ0v) is 12.0. The summed E-state index contributed by atoms with van der Waals surface area (Å²) in [6, 6.07) is 0.114. The number of thiophene rings is 1. The Kier molecular flexibility index (Phi) is 3.38. The molecule has 1 aliphatic rings. The average Bonchev–Trinajstić information content (AvgIpc) is 2.81. The van der Waals surface area contributed by atoms with Gasteiger partial charge in [0.1, 0.15) is 12.1 Å². The van der Waals surface area contributed by atoms with Crippen molar-refractivity contribution in [2.75, 3.05) is 25.1 Å². The van der Waals surface area contributed by atoms with Crippen molar-refractivity contribution in [2.45, 2.75) is 25.5 Å². The second-order valence-electron chi connectivity index (χ2n) is 4.97. The van der Waals surface area contributed by atoms with Gasteiger partial charge in [0, 0.05) is 26.2 Å². The zero-order valence-electron chi connectivity index (χ0n) is 11.2. The smallest absolute Gasteiger partial charge is 0.150 e. The van der Waals surface area contributed by atoms with E-state index in [1.54, 1.807) is 24.8 Å². The Morgan fingerprint density at radius 3 is 3.11 bits per heavy atom. The maximum atomic E-state index is 6.06. The molecule has 3 rings (SSSR count). The minimum atomic E-state index is 0.0693. The Bertz CT molecular complexity index is 585. The Balaban J connectivity index is 1.96. The summed E-state index contributed by atoms with van der Waals surface area (Å²) in [4.78, 5) is 11.1. The van der Waals surface area contributed by atoms with Crippen molar-refractivity contribution in [3.05, 3.63) is 17.3 Å². The number of ether oxygens (including phenoxy) is 1. The molecule has 2 N–H and O–H groups in total. The quantitative estimate of drug-likeness (QED) is 0.903. The zero-order chi connectivity index (χ0) is 13.4. The predicted molar refractivity (Wildman–Crippen MR) is 77.8 cm³/mol. The van der Waals surface area contributed by atoms with Crippen LogP contribution in [0.2, 0.25) is 0 Å². The van der Waals surface area contributed by atoms with Crippen LogP contribution in [0, 0.1) is 6.92 Å². The molecule has 0 bridgehead atoms. The molecule has 3 heterocycles. The van der Waals surface area contributed by atoms with Gasteiger partial charge in [-0.3, -0.25) is 0 Å². The Labute approximate surface area is 116 Å². The Morgan fingerprint density at radius 2 is 2.32 bits per heavy atom. The SMILES string of the molecule is CO[C@H]1CN(c2ncnc3c(C)csc23)CC[C@H]1N. The second-order valence-corrected chi connectivity index (χ2v) is 5.85. The highest BCUT2D eigenvalue weighted by atomic mass is 32.1. The minimum absolute atomic E-state index is 0.0693. The molecular weight excluding hydrogens is 260 g/mol. The van der Waals surface area contributed by atoms with Crippen molar-refractivity contribution in [2.24, 2.45) is 5.73 Å². The van der Waals surface area contributed by atoms with Crippen LogP contribution in [-0.4, -0.2) is 42.3 Å². The van der Waals surface area contributed by atoms with Gasteiger partial charge in [-0.25, -0.2) is 9.97 Å². The Morgan fingerprint density at radius 1 is 1.47 bits per heavy atom. The lowest BCUT2D eigenvalue weighted by Crippen LogP contribution is -2.51. The molecule has 0 spiro atoms. The van der Waals surface area contributed by atoms with Gasteiger partial charge in [0.05, 0.1) is 16.3 Å². The highest BCUT2D eigenvalue weighted by molar-refractivity contribution is 7.18. The number of aryl methyl sites for hydroxylation is 1. The minimum Gasteiger partial charge on any atom is -0.378 e. The maximum Gasteiger partial charge on any atom is 0.150 e. The third-order valence-corrected chi connectivity index (χ3v) is 4.81. The number of anilines is 1. The van der Waals surface area contributed by atoms with Crippen LogP contribution in [0.15, 0.2) is 11.7 Å². The number of fused-ring (bicyclic) bond motifs is 1. The van der Waals surface area contributed by atoms with Gasteiger partial charge in [-0.1, -0.05) is 0 Å². The van der Waals surface area contributed by atoms with Crippen LogP contribution in [0.5, 0.6) is 0 Å². The van der Waals surface area contributed by atoms with E-state index in [1.807, 2.05) is 0 Å². The average molecular weight is 278 g/mol. The van der Waals surface area contributed by atoms with Crippen LogP contribution >= 0.6 is 11.3 Å². The normalized spacial score (nSPS) is 24.1. The molecule has 0 radical (unpaired) electrons. The molecule has 2 atom stereocenters. The first kappa shape index (κ1) is 12.8. The highest BCUT2D eigenvalue weighted by Gasteiger charge is 2.28. The summed E-state index contributed by atoms with van der Waals surface area (Å²) in [6.45, 7) is 3.80. The molecule has 102 valence electrons. The van der Waals surface area contributed by atoms with Gasteiger partial charge in [0.25, 0.3) is 0 Å². The van der Waals surface area contributed by atoms with E-state index >= 15 is 0 Å². The summed E-state index contributed by atoms with van der Waals surface area (Å²) in [5.74, 6) is 1.01. The molecule has 0 unspecified atom stereocenters. The predicted octanol–water partition coefficient (Wildman–Crippen LogP) is 1.55. The van der Waals surface area contributed by atoms with E-state index in [4.69, 9.17) is 10.5 Å². The topological polar surface area (TPSA) is 64.3 Å². The van der Waals surface area contributed by atoms with E-state index in [0.29, 0.717) is 0 Å².